The molecule has 1 saturated heterocycles. The summed E-state index contributed by atoms with van der Waals surface area (Å²) in [5.74, 6) is -1.87. The molecule has 0 spiro atoms. The summed E-state index contributed by atoms with van der Waals surface area (Å²) in [4.78, 5) is 26.9. The van der Waals surface area contributed by atoms with Gasteiger partial charge in [0.15, 0.2) is 0 Å². The summed E-state index contributed by atoms with van der Waals surface area (Å²) in [5, 5.41) is 9.12. The van der Waals surface area contributed by atoms with E-state index in [1.165, 1.54) is 5.57 Å². The highest BCUT2D eigenvalue weighted by atomic mass is 79.9. The van der Waals surface area contributed by atoms with Crippen molar-refractivity contribution in [1.82, 2.24) is 4.90 Å². The van der Waals surface area contributed by atoms with Crippen LogP contribution in [0.4, 0.5) is 0 Å². The maximum absolute atomic E-state index is 12.1. The van der Waals surface area contributed by atoms with E-state index >= 15 is 0 Å². The first-order valence-corrected chi connectivity index (χ1v) is 6.84. The average Bonchev–Trinajstić information content (AvgIpc) is 3.13. The van der Waals surface area contributed by atoms with Crippen LogP contribution < -0.4 is 0 Å². The second-order valence-electron chi connectivity index (χ2n) is 4.75. The molecule has 0 radical (unpaired) electrons. The molecular formula is C12H16BrNO3. The van der Waals surface area contributed by atoms with Crippen LogP contribution in [0.2, 0.25) is 0 Å². The van der Waals surface area contributed by atoms with Gasteiger partial charge in [0.25, 0.3) is 0 Å². The molecule has 17 heavy (non-hydrogen) atoms. The van der Waals surface area contributed by atoms with E-state index in [4.69, 9.17) is 5.11 Å². The van der Waals surface area contributed by atoms with Gasteiger partial charge in [-0.3, -0.25) is 9.59 Å². The third-order valence-corrected chi connectivity index (χ3v) is 4.14. The summed E-state index contributed by atoms with van der Waals surface area (Å²) in [6, 6.07) is 0. The molecule has 0 aromatic rings. The van der Waals surface area contributed by atoms with E-state index in [-0.39, 0.29) is 11.8 Å². The van der Waals surface area contributed by atoms with Gasteiger partial charge < -0.3 is 10.0 Å². The van der Waals surface area contributed by atoms with Gasteiger partial charge in [0, 0.05) is 13.1 Å². The van der Waals surface area contributed by atoms with E-state index in [1.54, 1.807) is 4.90 Å². The highest BCUT2D eigenvalue weighted by Crippen LogP contribution is 2.38. The molecule has 5 heteroatoms. The first-order valence-electron chi connectivity index (χ1n) is 5.93. The molecule has 1 N–H and O–H groups in total. The summed E-state index contributed by atoms with van der Waals surface area (Å²) < 4.78 is 0. The van der Waals surface area contributed by atoms with Crippen molar-refractivity contribution < 1.29 is 14.7 Å². The number of amides is 1. The standard InChI is InChI=1S/C12H16BrNO3/c13-7-8-3-5-14(6-4-8)11(15)10(12(16)17)9-1-2-9/h7,9-10H,1-6H2,(H,16,17). The van der Waals surface area contributed by atoms with E-state index in [0.29, 0.717) is 13.1 Å². The van der Waals surface area contributed by atoms with Gasteiger partial charge in [0.1, 0.15) is 5.92 Å². The van der Waals surface area contributed by atoms with Crippen LogP contribution >= 0.6 is 15.9 Å². The predicted molar refractivity (Wildman–Crippen MR) is 66.7 cm³/mol. The Morgan fingerprint density at radius 2 is 1.94 bits per heavy atom. The van der Waals surface area contributed by atoms with Crippen LogP contribution in [-0.4, -0.2) is 35.0 Å². The maximum Gasteiger partial charge on any atom is 0.316 e. The molecule has 1 atom stereocenters. The van der Waals surface area contributed by atoms with Crippen LogP contribution in [0, 0.1) is 11.8 Å². The summed E-state index contributed by atoms with van der Waals surface area (Å²) in [5.41, 5.74) is 1.28. The fourth-order valence-corrected chi connectivity index (χ4v) is 2.72. The number of nitrogens with zero attached hydrogens (tertiary/aromatic N) is 1. The minimum absolute atomic E-state index is 0.0770. The number of carboxylic acid groups (broad SMARTS) is 1. The van der Waals surface area contributed by atoms with Gasteiger partial charge in [-0.25, -0.2) is 0 Å². The molecule has 0 aromatic heterocycles. The van der Waals surface area contributed by atoms with Crippen LogP contribution in [0.15, 0.2) is 10.6 Å². The summed E-state index contributed by atoms with van der Waals surface area (Å²) in [6.45, 7) is 1.29. The van der Waals surface area contributed by atoms with Gasteiger partial charge in [-0.1, -0.05) is 21.5 Å². The molecule has 1 heterocycles. The smallest absolute Gasteiger partial charge is 0.316 e. The molecule has 0 aromatic carbocycles. The number of likely N-dealkylation sites (tertiary alicyclic amines) is 1. The minimum Gasteiger partial charge on any atom is -0.481 e. The summed E-state index contributed by atoms with van der Waals surface area (Å²) >= 11 is 3.29. The van der Waals surface area contributed by atoms with E-state index in [2.05, 4.69) is 15.9 Å². The van der Waals surface area contributed by atoms with Gasteiger partial charge in [-0.15, -0.1) is 0 Å². The summed E-state index contributed by atoms with van der Waals surface area (Å²) in [7, 11) is 0. The third-order valence-electron chi connectivity index (χ3n) is 3.50. The van der Waals surface area contributed by atoms with Gasteiger partial charge in [0.2, 0.25) is 5.91 Å². The van der Waals surface area contributed by atoms with Gasteiger partial charge in [0.05, 0.1) is 0 Å². The van der Waals surface area contributed by atoms with Crippen molar-refractivity contribution in [2.45, 2.75) is 25.7 Å². The van der Waals surface area contributed by atoms with E-state index in [9.17, 15) is 9.59 Å². The lowest BCUT2D eigenvalue weighted by molar-refractivity contribution is -0.152. The Bertz CT molecular complexity index is 353. The lowest BCUT2D eigenvalue weighted by Gasteiger charge is -2.30. The second-order valence-corrected chi connectivity index (χ2v) is 5.20. The van der Waals surface area contributed by atoms with Crippen LogP contribution in [0.25, 0.3) is 0 Å². The van der Waals surface area contributed by atoms with Crippen molar-refractivity contribution in [2.75, 3.05) is 13.1 Å². The van der Waals surface area contributed by atoms with Gasteiger partial charge in [-0.2, -0.15) is 0 Å². The number of halogens is 1. The van der Waals surface area contributed by atoms with Crippen molar-refractivity contribution in [2.24, 2.45) is 11.8 Å². The van der Waals surface area contributed by atoms with Crippen molar-refractivity contribution in [3.8, 4) is 0 Å². The third kappa shape index (κ3) is 2.89. The van der Waals surface area contributed by atoms with Crippen molar-refractivity contribution in [3.63, 3.8) is 0 Å². The van der Waals surface area contributed by atoms with E-state index in [1.807, 2.05) is 4.99 Å². The largest absolute Gasteiger partial charge is 0.481 e. The first kappa shape index (κ1) is 12.6. The molecular weight excluding hydrogens is 286 g/mol. The van der Waals surface area contributed by atoms with Crippen LogP contribution in [0.5, 0.6) is 0 Å². The van der Waals surface area contributed by atoms with Crippen molar-refractivity contribution in [3.05, 3.63) is 10.6 Å². The topological polar surface area (TPSA) is 57.6 Å². The predicted octanol–water partition coefficient (Wildman–Crippen LogP) is 2.00. The molecule has 1 unspecified atom stereocenters. The van der Waals surface area contributed by atoms with Crippen LogP contribution in [0.1, 0.15) is 25.7 Å². The maximum atomic E-state index is 12.1. The Balaban J connectivity index is 1.97. The Kier molecular flexibility index (Phi) is 3.86. The van der Waals surface area contributed by atoms with Crippen molar-refractivity contribution >= 4 is 27.8 Å². The van der Waals surface area contributed by atoms with Crippen LogP contribution in [-0.2, 0) is 9.59 Å². The number of piperidine rings is 1. The number of hydrogen-bond acceptors (Lipinski definition) is 2. The number of hydrogen-bond donors (Lipinski definition) is 1. The fourth-order valence-electron chi connectivity index (χ4n) is 2.26. The zero-order valence-corrected chi connectivity index (χ0v) is 11.1. The molecule has 1 saturated carbocycles. The second kappa shape index (κ2) is 5.21. The number of carbonyl (C=O) groups excluding carboxylic acids is 1. The van der Waals surface area contributed by atoms with Gasteiger partial charge in [-0.05, 0) is 36.6 Å². The summed E-state index contributed by atoms with van der Waals surface area (Å²) in [6.07, 6.45) is 3.44. The Labute approximate surface area is 109 Å². The minimum atomic E-state index is -0.959. The molecule has 1 amide bonds. The highest BCUT2D eigenvalue weighted by Gasteiger charge is 2.43. The van der Waals surface area contributed by atoms with Crippen molar-refractivity contribution in [1.29, 1.82) is 0 Å². The molecule has 2 fully saturated rings. The molecule has 2 rings (SSSR count). The Morgan fingerprint density at radius 3 is 2.35 bits per heavy atom. The quantitative estimate of drug-likeness (QED) is 0.811. The van der Waals surface area contributed by atoms with Gasteiger partial charge >= 0.3 is 5.97 Å². The zero-order chi connectivity index (χ0) is 12.4. The fraction of sp³-hybridized carbons (Fsp3) is 0.667. The molecule has 2 aliphatic rings. The van der Waals surface area contributed by atoms with E-state index < -0.39 is 11.9 Å². The average molecular weight is 302 g/mol. The molecule has 1 aliphatic heterocycles. The number of rotatable bonds is 3. The number of carbonyl (C=O) groups is 2. The SMILES string of the molecule is O=C(O)C(C(=O)N1CCC(=CBr)CC1)C1CC1. The number of aliphatic carboxylic acids is 1. The van der Waals surface area contributed by atoms with E-state index in [0.717, 1.165) is 25.7 Å². The lowest BCUT2D eigenvalue weighted by Crippen LogP contribution is -2.43. The first-order chi connectivity index (χ1) is 8.13. The molecule has 1 aliphatic carbocycles. The highest BCUT2D eigenvalue weighted by molar-refractivity contribution is 9.11. The Morgan fingerprint density at radius 1 is 1.35 bits per heavy atom. The normalized spacial score (nSPS) is 22.2. The monoisotopic (exact) mass is 301 g/mol. The zero-order valence-electron chi connectivity index (χ0n) is 9.56. The molecule has 0 bridgehead atoms. The number of carboxylic acids is 1. The molecule has 4 nitrogen and oxygen atoms in total. The lowest BCUT2D eigenvalue weighted by atomic mass is 9.99. The molecule has 94 valence electrons. The Hall–Kier alpha value is -0.840. The van der Waals surface area contributed by atoms with Crippen LogP contribution in [0.3, 0.4) is 0 Å².